The molecule has 2 aromatic heterocycles. The molecule has 4 aromatic rings. The molecule has 3 heterocycles. The molecule has 1 amide bonds. The van der Waals surface area contributed by atoms with Crippen LogP contribution in [0.4, 0.5) is 5.82 Å². The molecule has 184 valence electrons. The number of aromatic nitrogens is 4. The lowest BCUT2D eigenvalue weighted by Gasteiger charge is -2.41. The number of terminal acetylenes is 1. The molecular formula is C28H31N7O. The molecule has 0 spiro atoms. The number of hydrogen-bond donors (Lipinski definition) is 1. The summed E-state index contributed by atoms with van der Waals surface area (Å²) in [5.41, 5.74) is 2.92. The summed E-state index contributed by atoms with van der Waals surface area (Å²) in [6, 6.07) is 17.5. The molecule has 1 N–H and O–H groups in total. The maximum atomic E-state index is 13.1. The number of hydrogen-bond acceptors (Lipinski definition) is 6. The molecule has 36 heavy (non-hydrogen) atoms. The van der Waals surface area contributed by atoms with E-state index in [2.05, 4.69) is 36.1 Å². The molecule has 1 saturated heterocycles. The van der Waals surface area contributed by atoms with Crippen LogP contribution in [0.1, 0.15) is 19.4 Å². The molecular weight excluding hydrogens is 450 g/mol. The first-order valence-corrected chi connectivity index (χ1v) is 12.2. The summed E-state index contributed by atoms with van der Waals surface area (Å²) in [7, 11) is 0. The van der Waals surface area contributed by atoms with Gasteiger partial charge < -0.3 is 10.2 Å². The van der Waals surface area contributed by atoms with Crippen molar-refractivity contribution in [3.05, 3.63) is 78.9 Å². The Morgan fingerprint density at radius 3 is 2.67 bits per heavy atom. The van der Waals surface area contributed by atoms with Crippen LogP contribution in [0.5, 0.6) is 0 Å². The molecule has 2 aromatic carbocycles. The van der Waals surface area contributed by atoms with Crippen molar-refractivity contribution in [3.63, 3.8) is 0 Å². The summed E-state index contributed by atoms with van der Waals surface area (Å²) in [4.78, 5) is 26.4. The molecule has 1 atom stereocenters. The quantitative estimate of drug-likeness (QED) is 0.426. The predicted molar refractivity (Wildman–Crippen MR) is 143 cm³/mol. The van der Waals surface area contributed by atoms with Crippen LogP contribution in [0, 0.1) is 12.3 Å². The van der Waals surface area contributed by atoms with Crippen LogP contribution in [0.2, 0.25) is 0 Å². The summed E-state index contributed by atoms with van der Waals surface area (Å²) in [5.74, 6) is 3.25. The summed E-state index contributed by atoms with van der Waals surface area (Å²) in [6.45, 7) is 6.75. The third-order valence-corrected chi connectivity index (χ3v) is 6.02. The van der Waals surface area contributed by atoms with Crippen molar-refractivity contribution in [2.45, 2.75) is 26.4 Å². The molecule has 1 fully saturated rings. The number of rotatable bonds is 6. The topological polar surface area (TPSA) is 79.2 Å². The second kappa shape index (κ2) is 12.0. The van der Waals surface area contributed by atoms with E-state index in [-0.39, 0.29) is 18.5 Å². The summed E-state index contributed by atoms with van der Waals surface area (Å²) in [5, 5.41) is 8.34. The number of amides is 1. The van der Waals surface area contributed by atoms with Gasteiger partial charge in [-0.15, -0.1) is 6.42 Å². The Balaban J connectivity index is 0.00000148. The second-order valence-corrected chi connectivity index (χ2v) is 8.20. The summed E-state index contributed by atoms with van der Waals surface area (Å²) >= 11 is 0. The summed E-state index contributed by atoms with van der Waals surface area (Å²) in [6.07, 6.45) is 10.8. The Labute approximate surface area is 212 Å². The van der Waals surface area contributed by atoms with Crippen molar-refractivity contribution >= 4 is 22.6 Å². The Morgan fingerprint density at radius 2 is 1.86 bits per heavy atom. The van der Waals surface area contributed by atoms with Crippen molar-refractivity contribution < 1.29 is 4.79 Å². The number of piperazine rings is 1. The molecule has 8 heteroatoms. The molecule has 1 aliphatic rings. The molecule has 5 rings (SSSR count). The van der Waals surface area contributed by atoms with Gasteiger partial charge in [-0.2, -0.15) is 5.10 Å². The third-order valence-electron chi connectivity index (χ3n) is 6.02. The zero-order chi connectivity index (χ0) is 25.3. The lowest BCUT2D eigenvalue weighted by atomic mass is 10.1. The van der Waals surface area contributed by atoms with E-state index in [9.17, 15) is 4.79 Å². The number of fused-ring (bicyclic) bond motifs is 1. The number of benzene rings is 2. The van der Waals surface area contributed by atoms with Crippen LogP contribution in [0.3, 0.4) is 0 Å². The monoisotopic (exact) mass is 481 g/mol. The van der Waals surface area contributed by atoms with E-state index in [0.29, 0.717) is 19.6 Å². The van der Waals surface area contributed by atoms with Crippen LogP contribution in [0.25, 0.3) is 16.6 Å². The van der Waals surface area contributed by atoms with Crippen LogP contribution >= 0.6 is 0 Å². The average molecular weight is 482 g/mol. The van der Waals surface area contributed by atoms with E-state index in [1.165, 1.54) is 0 Å². The van der Waals surface area contributed by atoms with E-state index in [1.807, 2.05) is 85.5 Å². The Morgan fingerprint density at radius 1 is 1.08 bits per heavy atom. The number of carbonyl (C=O) groups excluding carboxylic acids is 1. The number of nitrogens with one attached hydrogen (secondary N) is 1. The normalized spacial score (nSPS) is 15.6. The zero-order valence-electron chi connectivity index (χ0n) is 20.7. The van der Waals surface area contributed by atoms with Crippen molar-refractivity contribution in [2.75, 3.05) is 31.1 Å². The fraction of sp³-hybridized carbons (Fsp3) is 0.286. The lowest BCUT2D eigenvalue weighted by Crippen LogP contribution is -2.59. The minimum Gasteiger partial charge on any atom is -0.353 e. The molecule has 0 bridgehead atoms. The van der Waals surface area contributed by atoms with Gasteiger partial charge in [0.2, 0.25) is 5.91 Å². The predicted octanol–water partition coefficient (Wildman–Crippen LogP) is 3.28. The van der Waals surface area contributed by atoms with E-state index in [1.54, 1.807) is 6.33 Å². The van der Waals surface area contributed by atoms with E-state index in [0.717, 1.165) is 34.5 Å². The number of carbonyl (C=O) groups is 1. The number of nitrogens with zero attached hydrogens (tertiary/aromatic N) is 6. The minimum absolute atomic E-state index is 0.0866. The fourth-order valence-corrected chi connectivity index (χ4v) is 4.35. The van der Waals surface area contributed by atoms with Crippen LogP contribution in [-0.4, -0.2) is 62.8 Å². The van der Waals surface area contributed by atoms with Gasteiger partial charge in [0.05, 0.1) is 23.9 Å². The van der Waals surface area contributed by atoms with E-state index >= 15 is 0 Å². The first kappa shape index (κ1) is 24.9. The second-order valence-electron chi connectivity index (χ2n) is 8.20. The van der Waals surface area contributed by atoms with Gasteiger partial charge in [0.1, 0.15) is 18.2 Å². The van der Waals surface area contributed by atoms with E-state index in [4.69, 9.17) is 6.42 Å². The number of para-hydroxylation sites is 2. The van der Waals surface area contributed by atoms with Gasteiger partial charge in [-0.1, -0.05) is 50.1 Å². The largest absolute Gasteiger partial charge is 0.353 e. The Bertz CT molecular complexity index is 1320. The highest BCUT2D eigenvalue weighted by Gasteiger charge is 2.33. The van der Waals surface area contributed by atoms with Gasteiger partial charge in [0, 0.05) is 43.3 Å². The maximum absolute atomic E-state index is 13.1. The van der Waals surface area contributed by atoms with Gasteiger partial charge in [-0.3, -0.25) is 9.69 Å². The van der Waals surface area contributed by atoms with Crippen molar-refractivity contribution in [3.8, 4) is 18.0 Å². The first-order valence-electron chi connectivity index (χ1n) is 12.2. The average Bonchev–Trinajstić information content (AvgIpc) is 3.42. The van der Waals surface area contributed by atoms with Crippen molar-refractivity contribution in [1.82, 2.24) is 30.0 Å². The van der Waals surface area contributed by atoms with Crippen molar-refractivity contribution in [1.29, 1.82) is 0 Å². The van der Waals surface area contributed by atoms with Gasteiger partial charge >= 0.3 is 0 Å². The van der Waals surface area contributed by atoms with Gasteiger partial charge in [0.15, 0.2) is 0 Å². The molecule has 0 saturated carbocycles. The fourth-order valence-electron chi connectivity index (χ4n) is 4.35. The zero-order valence-corrected chi connectivity index (χ0v) is 20.7. The van der Waals surface area contributed by atoms with E-state index < -0.39 is 0 Å². The minimum atomic E-state index is -0.379. The standard InChI is InChI=1S/C26H25N7O.C2H6/c1-2-12-27-26(34)24-18-32(25-22-10-6-7-11-23(22)28-19-29-25)14-13-31(24)16-20-15-30-33(17-20)21-8-4-3-5-9-21;1-2/h1,3-11,15,17,19,24H,12-14,16,18H2,(H,27,34);1-2H3. The third kappa shape index (κ3) is 5.53. The molecule has 1 unspecified atom stereocenters. The van der Waals surface area contributed by atoms with Gasteiger partial charge in [-0.25, -0.2) is 14.6 Å². The Kier molecular flexibility index (Phi) is 8.27. The van der Waals surface area contributed by atoms with Crippen LogP contribution < -0.4 is 10.2 Å². The van der Waals surface area contributed by atoms with Crippen LogP contribution in [-0.2, 0) is 11.3 Å². The summed E-state index contributed by atoms with van der Waals surface area (Å²) < 4.78 is 1.85. The SMILES string of the molecule is C#CCNC(=O)C1CN(c2ncnc3ccccc23)CCN1Cc1cnn(-c2ccccc2)c1.CC. The number of anilines is 1. The lowest BCUT2D eigenvalue weighted by molar-refractivity contribution is -0.126. The van der Waals surface area contributed by atoms with Crippen LogP contribution in [0.15, 0.2) is 73.3 Å². The van der Waals surface area contributed by atoms with Gasteiger partial charge in [-0.05, 0) is 24.3 Å². The highest BCUT2D eigenvalue weighted by molar-refractivity contribution is 5.90. The molecule has 0 aliphatic carbocycles. The van der Waals surface area contributed by atoms with Gasteiger partial charge in [0.25, 0.3) is 0 Å². The molecule has 0 radical (unpaired) electrons. The molecule has 8 nitrogen and oxygen atoms in total. The molecule has 1 aliphatic heterocycles. The Hall–Kier alpha value is -4.22. The smallest absolute Gasteiger partial charge is 0.239 e. The highest BCUT2D eigenvalue weighted by Crippen LogP contribution is 2.26. The van der Waals surface area contributed by atoms with Crippen molar-refractivity contribution in [2.24, 2.45) is 0 Å². The maximum Gasteiger partial charge on any atom is 0.239 e. The highest BCUT2D eigenvalue weighted by atomic mass is 16.2. The first-order chi connectivity index (χ1) is 17.7.